The third kappa shape index (κ3) is 4.28. The van der Waals surface area contributed by atoms with Gasteiger partial charge in [-0.05, 0) is 83.9 Å². The minimum absolute atomic E-state index is 0.193. The molecule has 0 bridgehead atoms. The summed E-state index contributed by atoms with van der Waals surface area (Å²) < 4.78 is 0. The fraction of sp³-hybridized carbons (Fsp3) is 0. The normalized spacial score (nSPS) is 10.5. The standard InChI is InChI=1S/C25H18N2O4/c28-24(29)19-3-9-22(10-4-19)27(23-11-5-20(6-12-23)25(30)31)21-7-1-17(2-8-21)18-13-15-26-16-14-18/h1-16H,(H,28,29)(H,30,31). The summed E-state index contributed by atoms with van der Waals surface area (Å²) in [5.74, 6) is -1.99. The van der Waals surface area contributed by atoms with Crippen LogP contribution >= 0.6 is 0 Å². The van der Waals surface area contributed by atoms with Crippen molar-refractivity contribution < 1.29 is 19.8 Å². The van der Waals surface area contributed by atoms with E-state index in [0.29, 0.717) is 0 Å². The summed E-state index contributed by atoms with van der Waals surface area (Å²) in [6.45, 7) is 0. The molecule has 3 aromatic carbocycles. The SMILES string of the molecule is O=C(O)c1ccc(N(c2ccc(C(=O)O)cc2)c2ccc(-c3ccncc3)cc2)cc1. The van der Waals surface area contributed by atoms with E-state index in [1.165, 1.54) is 0 Å². The van der Waals surface area contributed by atoms with Crippen LogP contribution in [0.25, 0.3) is 11.1 Å². The zero-order chi connectivity index (χ0) is 21.8. The van der Waals surface area contributed by atoms with Crippen molar-refractivity contribution in [3.63, 3.8) is 0 Å². The Kier molecular flexibility index (Phi) is 5.45. The second-order valence-corrected chi connectivity index (χ2v) is 6.82. The molecule has 0 aliphatic rings. The first kappa shape index (κ1) is 19.8. The van der Waals surface area contributed by atoms with Gasteiger partial charge in [0, 0.05) is 29.5 Å². The molecular formula is C25H18N2O4. The maximum absolute atomic E-state index is 11.2. The monoisotopic (exact) mass is 410 g/mol. The van der Waals surface area contributed by atoms with Gasteiger partial charge in [0.15, 0.2) is 0 Å². The van der Waals surface area contributed by atoms with Gasteiger partial charge in [-0.3, -0.25) is 4.98 Å². The van der Waals surface area contributed by atoms with Gasteiger partial charge in [-0.1, -0.05) is 12.1 Å². The molecule has 0 saturated heterocycles. The van der Waals surface area contributed by atoms with E-state index in [1.807, 2.05) is 41.3 Å². The highest BCUT2D eigenvalue weighted by Crippen LogP contribution is 2.35. The highest BCUT2D eigenvalue weighted by molar-refractivity contribution is 5.90. The first-order chi connectivity index (χ1) is 15.0. The molecular weight excluding hydrogens is 392 g/mol. The van der Waals surface area contributed by atoms with Crippen LogP contribution in [0, 0.1) is 0 Å². The number of aromatic carboxylic acids is 2. The number of aromatic nitrogens is 1. The average molecular weight is 410 g/mol. The van der Waals surface area contributed by atoms with Crippen LogP contribution in [-0.4, -0.2) is 27.1 Å². The predicted octanol–water partition coefficient (Wildman–Crippen LogP) is 5.61. The van der Waals surface area contributed by atoms with Crippen molar-refractivity contribution in [3.05, 3.63) is 108 Å². The van der Waals surface area contributed by atoms with Crippen molar-refractivity contribution in [1.82, 2.24) is 4.98 Å². The van der Waals surface area contributed by atoms with Crippen LogP contribution in [0.15, 0.2) is 97.3 Å². The third-order valence-electron chi connectivity index (χ3n) is 4.88. The van der Waals surface area contributed by atoms with Gasteiger partial charge in [0.1, 0.15) is 0 Å². The van der Waals surface area contributed by atoms with E-state index in [2.05, 4.69) is 4.98 Å². The van der Waals surface area contributed by atoms with Gasteiger partial charge in [0.2, 0.25) is 0 Å². The molecule has 1 aromatic heterocycles. The van der Waals surface area contributed by atoms with Gasteiger partial charge in [-0.15, -0.1) is 0 Å². The molecule has 152 valence electrons. The minimum Gasteiger partial charge on any atom is -0.478 e. The molecule has 0 saturated carbocycles. The average Bonchev–Trinajstić information content (AvgIpc) is 2.81. The zero-order valence-electron chi connectivity index (χ0n) is 16.3. The lowest BCUT2D eigenvalue weighted by molar-refractivity contribution is 0.0686. The van der Waals surface area contributed by atoms with Gasteiger partial charge >= 0.3 is 11.9 Å². The highest BCUT2D eigenvalue weighted by Gasteiger charge is 2.14. The van der Waals surface area contributed by atoms with Crippen LogP contribution in [0.3, 0.4) is 0 Å². The number of carboxylic acid groups (broad SMARTS) is 2. The Morgan fingerprint density at radius 2 is 0.903 bits per heavy atom. The maximum Gasteiger partial charge on any atom is 0.335 e. The highest BCUT2D eigenvalue weighted by atomic mass is 16.4. The fourth-order valence-electron chi connectivity index (χ4n) is 3.30. The molecule has 4 aromatic rings. The maximum atomic E-state index is 11.2. The second-order valence-electron chi connectivity index (χ2n) is 6.82. The van der Waals surface area contributed by atoms with E-state index in [0.717, 1.165) is 28.2 Å². The largest absolute Gasteiger partial charge is 0.478 e. The quantitative estimate of drug-likeness (QED) is 0.429. The fourth-order valence-corrected chi connectivity index (χ4v) is 3.30. The Bertz CT molecular complexity index is 1150. The second kappa shape index (κ2) is 8.51. The van der Waals surface area contributed by atoms with Crippen LogP contribution in [0.4, 0.5) is 17.1 Å². The van der Waals surface area contributed by atoms with Crippen molar-refractivity contribution in [2.24, 2.45) is 0 Å². The number of carboxylic acids is 2. The molecule has 0 fully saturated rings. The molecule has 1 heterocycles. The molecule has 0 radical (unpaired) electrons. The van der Waals surface area contributed by atoms with Crippen molar-refractivity contribution in [2.75, 3.05) is 4.90 Å². The van der Waals surface area contributed by atoms with Gasteiger partial charge < -0.3 is 15.1 Å². The lowest BCUT2D eigenvalue weighted by Crippen LogP contribution is -2.10. The Morgan fingerprint density at radius 1 is 0.548 bits per heavy atom. The van der Waals surface area contributed by atoms with Crippen LogP contribution in [0.1, 0.15) is 20.7 Å². The van der Waals surface area contributed by atoms with E-state index < -0.39 is 11.9 Å². The molecule has 0 unspecified atom stereocenters. The van der Waals surface area contributed by atoms with E-state index >= 15 is 0 Å². The topological polar surface area (TPSA) is 90.7 Å². The number of pyridine rings is 1. The Morgan fingerprint density at radius 3 is 1.29 bits per heavy atom. The first-order valence-electron chi connectivity index (χ1n) is 9.50. The van der Waals surface area contributed by atoms with Crippen molar-refractivity contribution in [3.8, 4) is 11.1 Å². The van der Waals surface area contributed by atoms with Gasteiger partial charge in [-0.25, -0.2) is 9.59 Å². The molecule has 6 heteroatoms. The molecule has 0 atom stereocenters. The van der Waals surface area contributed by atoms with Crippen LogP contribution < -0.4 is 4.90 Å². The van der Waals surface area contributed by atoms with E-state index in [-0.39, 0.29) is 11.1 Å². The Hall–Kier alpha value is -4.45. The third-order valence-corrected chi connectivity index (χ3v) is 4.88. The summed E-state index contributed by atoms with van der Waals surface area (Å²) in [5.41, 5.74) is 4.83. The molecule has 4 rings (SSSR count). The smallest absolute Gasteiger partial charge is 0.335 e. The molecule has 0 aliphatic carbocycles. The molecule has 31 heavy (non-hydrogen) atoms. The van der Waals surface area contributed by atoms with Crippen molar-refractivity contribution >= 4 is 29.0 Å². The molecule has 0 spiro atoms. The molecule has 0 amide bonds. The number of nitrogens with zero attached hydrogens (tertiary/aromatic N) is 2. The summed E-state index contributed by atoms with van der Waals surface area (Å²) in [4.78, 5) is 28.4. The lowest BCUT2D eigenvalue weighted by atomic mass is 10.1. The zero-order valence-corrected chi connectivity index (χ0v) is 16.3. The van der Waals surface area contributed by atoms with Crippen molar-refractivity contribution in [1.29, 1.82) is 0 Å². The number of hydrogen-bond acceptors (Lipinski definition) is 4. The summed E-state index contributed by atoms with van der Waals surface area (Å²) in [5, 5.41) is 18.4. The number of anilines is 3. The Balaban J connectivity index is 1.76. The number of rotatable bonds is 6. The summed E-state index contributed by atoms with van der Waals surface area (Å²) in [6, 6.07) is 24.9. The molecule has 2 N–H and O–H groups in total. The Labute approximate surface area is 178 Å². The minimum atomic E-state index is -0.995. The summed E-state index contributed by atoms with van der Waals surface area (Å²) in [6.07, 6.45) is 3.48. The van der Waals surface area contributed by atoms with E-state index in [1.54, 1.807) is 60.9 Å². The van der Waals surface area contributed by atoms with E-state index in [4.69, 9.17) is 0 Å². The predicted molar refractivity (Wildman–Crippen MR) is 118 cm³/mol. The van der Waals surface area contributed by atoms with Gasteiger partial charge in [0.25, 0.3) is 0 Å². The van der Waals surface area contributed by atoms with E-state index in [9.17, 15) is 19.8 Å². The summed E-state index contributed by atoms with van der Waals surface area (Å²) in [7, 11) is 0. The summed E-state index contributed by atoms with van der Waals surface area (Å²) >= 11 is 0. The van der Waals surface area contributed by atoms with Gasteiger partial charge in [-0.2, -0.15) is 0 Å². The van der Waals surface area contributed by atoms with Crippen LogP contribution in [0.2, 0.25) is 0 Å². The van der Waals surface area contributed by atoms with Crippen LogP contribution in [0.5, 0.6) is 0 Å². The first-order valence-corrected chi connectivity index (χ1v) is 9.50. The number of hydrogen-bond donors (Lipinski definition) is 2. The molecule has 0 aliphatic heterocycles. The van der Waals surface area contributed by atoms with Crippen LogP contribution in [-0.2, 0) is 0 Å². The lowest BCUT2D eigenvalue weighted by Gasteiger charge is -2.26. The molecule has 6 nitrogen and oxygen atoms in total. The number of carbonyl (C=O) groups is 2. The van der Waals surface area contributed by atoms with Gasteiger partial charge in [0.05, 0.1) is 11.1 Å². The van der Waals surface area contributed by atoms with Crippen molar-refractivity contribution in [2.45, 2.75) is 0 Å². The number of benzene rings is 3.